The van der Waals surface area contributed by atoms with E-state index in [4.69, 9.17) is 9.47 Å². The lowest BCUT2D eigenvalue weighted by molar-refractivity contribution is 0.000769. The fourth-order valence-electron chi connectivity index (χ4n) is 7.63. The maximum absolute atomic E-state index is 13.1. The molecule has 1 spiro atoms. The van der Waals surface area contributed by atoms with E-state index in [0.717, 1.165) is 57.2 Å². The Morgan fingerprint density at radius 2 is 1.52 bits per heavy atom. The predicted octanol–water partition coefficient (Wildman–Crippen LogP) is 6.10. The highest BCUT2D eigenvalue weighted by Crippen LogP contribution is 2.45. The molecule has 40 heavy (non-hydrogen) atoms. The van der Waals surface area contributed by atoms with Crippen molar-refractivity contribution in [3.63, 3.8) is 0 Å². The molecular formula is C33H43N3O4. The first-order valence-electron chi connectivity index (χ1n) is 15.0. The number of rotatable bonds is 3. The highest BCUT2D eigenvalue weighted by Gasteiger charge is 2.48. The van der Waals surface area contributed by atoms with Crippen LogP contribution in [-0.4, -0.2) is 70.2 Å². The van der Waals surface area contributed by atoms with Crippen LogP contribution < -0.4 is 0 Å². The van der Waals surface area contributed by atoms with E-state index in [0.29, 0.717) is 25.7 Å². The van der Waals surface area contributed by atoms with Crippen LogP contribution in [0.5, 0.6) is 0 Å². The average molecular weight is 546 g/mol. The molecule has 4 aliphatic heterocycles. The number of carbonyl (C=O) groups excluding carboxylic acids is 2. The first-order valence-corrected chi connectivity index (χ1v) is 15.0. The fourth-order valence-corrected chi connectivity index (χ4v) is 7.63. The molecule has 0 aliphatic carbocycles. The molecule has 7 heteroatoms. The second kappa shape index (κ2) is 10.7. The minimum atomic E-state index is -0.507. The quantitative estimate of drug-likeness (QED) is 0.466. The Balaban J connectivity index is 1.09. The summed E-state index contributed by atoms with van der Waals surface area (Å²) in [5.41, 5.74) is 3.13. The van der Waals surface area contributed by atoms with Crippen molar-refractivity contribution in [1.29, 1.82) is 0 Å². The summed E-state index contributed by atoms with van der Waals surface area (Å²) in [6.07, 6.45) is 5.85. The zero-order valence-electron chi connectivity index (χ0n) is 24.2. The molecular weight excluding hydrogens is 502 g/mol. The second-order valence-corrected chi connectivity index (χ2v) is 13.3. The lowest BCUT2D eigenvalue weighted by atomic mass is 9.68. The number of benzene rings is 2. The Labute approximate surface area is 238 Å². The zero-order chi connectivity index (χ0) is 27.9. The number of nitrogens with zero attached hydrogens (tertiary/aromatic N) is 3. The first-order chi connectivity index (χ1) is 19.2. The van der Waals surface area contributed by atoms with Crippen molar-refractivity contribution in [2.75, 3.05) is 19.6 Å². The lowest BCUT2D eigenvalue weighted by Gasteiger charge is -2.51. The minimum absolute atomic E-state index is 0.0385. The summed E-state index contributed by atoms with van der Waals surface area (Å²) in [7, 11) is 0. The van der Waals surface area contributed by atoms with Gasteiger partial charge in [-0.3, -0.25) is 0 Å². The molecule has 214 valence electrons. The van der Waals surface area contributed by atoms with Crippen molar-refractivity contribution in [2.45, 2.75) is 102 Å². The summed E-state index contributed by atoms with van der Waals surface area (Å²) in [6.45, 7) is 9.46. The van der Waals surface area contributed by atoms with Crippen LogP contribution in [0.1, 0.15) is 76.0 Å². The van der Waals surface area contributed by atoms with Gasteiger partial charge in [0.05, 0.1) is 0 Å². The molecule has 3 fully saturated rings. The summed E-state index contributed by atoms with van der Waals surface area (Å²) in [6, 6.07) is 19.6. The number of likely N-dealkylation sites (tertiary alicyclic amines) is 1. The van der Waals surface area contributed by atoms with Crippen LogP contribution in [0.4, 0.5) is 9.59 Å². The predicted molar refractivity (Wildman–Crippen MR) is 154 cm³/mol. The number of fused-ring (bicyclic) bond motifs is 4. The average Bonchev–Trinajstić information content (AvgIpc) is 3.21. The van der Waals surface area contributed by atoms with E-state index in [-0.39, 0.29) is 29.7 Å². The van der Waals surface area contributed by atoms with Crippen molar-refractivity contribution < 1.29 is 19.1 Å². The summed E-state index contributed by atoms with van der Waals surface area (Å²) in [5, 5.41) is 0. The van der Waals surface area contributed by atoms with Gasteiger partial charge in [0.1, 0.15) is 12.2 Å². The highest BCUT2D eigenvalue weighted by molar-refractivity contribution is 5.70. The van der Waals surface area contributed by atoms with Crippen molar-refractivity contribution in [3.8, 4) is 0 Å². The Bertz CT molecular complexity index is 1200. The fraction of sp³-hybridized carbons (Fsp3) is 0.576. The van der Waals surface area contributed by atoms with Crippen LogP contribution in [-0.2, 0) is 28.0 Å². The van der Waals surface area contributed by atoms with Gasteiger partial charge in [0.15, 0.2) is 0 Å². The van der Waals surface area contributed by atoms with Gasteiger partial charge in [-0.2, -0.15) is 0 Å². The number of ether oxygens (including phenoxy) is 2. The standard InChI is InChI=1S/C33H43N3O4/c1-32(2,3)40-30(37)35-21-25-11-7-8-12-29(25)33(23-35)15-17-34(18-16-33)28-19-26-13-14-27(20-28)36(26)31(38)39-22-24-9-5-4-6-10-24/h4-12,26-28H,13-23H2,1-3H3. The largest absolute Gasteiger partial charge is 0.445 e. The Kier molecular flexibility index (Phi) is 7.28. The van der Waals surface area contributed by atoms with Crippen molar-refractivity contribution in [2.24, 2.45) is 0 Å². The van der Waals surface area contributed by atoms with Crippen molar-refractivity contribution in [1.82, 2.24) is 14.7 Å². The Morgan fingerprint density at radius 1 is 0.875 bits per heavy atom. The number of hydrogen-bond acceptors (Lipinski definition) is 5. The third-order valence-corrected chi connectivity index (χ3v) is 9.49. The monoisotopic (exact) mass is 545 g/mol. The second-order valence-electron chi connectivity index (χ2n) is 13.3. The molecule has 2 aromatic carbocycles. The maximum atomic E-state index is 13.1. The van der Waals surface area contributed by atoms with E-state index in [9.17, 15) is 9.59 Å². The van der Waals surface area contributed by atoms with Gasteiger partial charge in [0.25, 0.3) is 0 Å². The Hall–Kier alpha value is -3.06. The molecule has 2 unspecified atom stereocenters. The van der Waals surface area contributed by atoms with Gasteiger partial charge in [-0.1, -0.05) is 54.6 Å². The molecule has 7 nitrogen and oxygen atoms in total. The van der Waals surface area contributed by atoms with Gasteiger partial charge in [0, 0.05) is 36.6 Å². The van der Waals surface area contributed by atoms with Crippen LogP contribution in [0.3, 0.4) is 0 Å². The van der Waals surface area contributed by atoms with Gasteiger partial charge >= 0.3 is 12.2 Å². The van der Waals surface area contributed by atoms with Crippen LogP contribution in [0.15, 0.2) is 54.6 Å². The molecule has 3 saturated heterocycles. The molecule has 6 rings (SSSR count). The highest BCUT2D eigenvalue weighted by atomic mass is 16.6. The summed E-state index contributed by atoms with van der Waals surface area (Å²) < 4.78 is 11.5. The number of hydrogen-bond donors (Lipinski definition) is 0. The number of carbonyl (C=O) groups is 2. The molecule has 4 aliphatic rings. The summed E-state index contributed by atoms with van der Waals surface area (Å²) in [4.78, 5) is 32.8. The minimum Gasteiger partial charge on any atom is -0.445 e. The van der Waals surface area contributed by atoms with E-state index in [2.05, 4.69) is 29.2 Å². The molecule has 2 atom stereocenters. The van der Waals surface area contributed by atoms with E-state index in [1.54, 1.807) is 0 Å². The number of amides is 2. The molecule has 2 amide bonds. The van der Waals surface area contributed by atoms with Gasteiger partial charge < -0.3 is 24.2 Å². The Morgan fingerprint density at radius 3 is 2.20 bits per heavy atom. The smallest absolute Gasteiger partial charge is 0.410 e. The van der Waals surface area contributed by atoms with Crippen LogP contribution in [0, 0.1) is 0 Å². The summed E-state index contributed by atoms with van der Waals surface area (Å²) >= 11 is 0. The van der Waals surface area contributed by atoms with Crippen molar-refractivity contribution >= 4 is 12.2 Å². The molecule has 2 bridgehead atoms. The van der Waals surface area contributed by atoms with Crippen LogP contribution in [0.2, 0.25) is 0 Å². The third-order valence-electron chi connectivity index (χ3n) is 9.49. The molecule has 2 aromatic rings. The molecule has 0 aromatic heterocycles. The van der Waals surface area contributed by atoms with Crippen LogP contribution >= 0.6 is 0 Å². The molecule has 0 saturated carbocycles. The topological polar surface area (TPSA) is 62.3 Å². The van der Waals surface area contributed by atoms with E-state index >= 15 is 0 Å². The lowest BCUT2D eigenvalue weighted by Crippen LogP contribution is -2.58. The van der Waals surface area contributed by atoms with E-state index < -0.39 is 5.60 Å². The van der Waals surface area contributed by atoms with Gasteiger partial charge in [-0.15, -0.1) is 0 Å². The number of piperidine rings is 2. The zero-order valence-corrected chi connectivity index (χ0v) is 24.2. The maximum Gasteiger partial charge on any atom is 0.410 e. The first kappa shape index (κ1) is 27.1. The van der Waals surface area contributed by atoms with Crippen LogP contribution in [0.25, 0.3) is 0 Å². The van der Waals surface area contributed by atoms with Gasteiger partial charge in [-0.25, -0.2) is 9.59 Å². The summed E-state index contributed by atoms with van der Waals surface area (Å²) in [5.74, 6) is 0. The molecule has 0 radical (unpaired) electrons. The van der Waals surface area contributed by atoms with Crippen molar-refractivity contribution in [3.05, 3.63) is 71.3 Å². The SMILES string of the molecule is CC(C)(C)OC(=O)N1Cc2ccccc2C2(CCN(C3CC4CCC(C3)N4C(=O)OCc3ccccc3)CC2)C1. The molecule has 4 heterocycles. The van der Waals surface area contributed by atoms with E-state index in [1.165, 1.54) is 11.1 Å². The van der Waals surface area contributed by atoms with Gasteiger partial charge in [-0.05, 0) is 89.1 Å². The van der Waals surface area contributed by atoms with Gasteiger partial charge in [0.2, 0.25) is 0 Å². The molecule has 0 N–H and O–H groups in total. The van der Waals surface area contributed by atoms with E-state index in [1.807, 2.05) is 60.9 Å². The third kappa shape index (κ3) is 5.45. The normalized spacial score (nSPS) is 25.9.